The van der Waals surface area contributed by atoms with Gasteiger partial charge in [0.2, 0.25) is 5.75 Å². The molecule has 0 saturated heterocycles. The van der Waals surface area contributed by atoms with Crippen molar-refractivity contribution in [1.82, 2.24) is 10.6 Å². The van der Waals surface area contributed by atoms with Crippen molar-refractivity contribution in [3.63, 3.8) is 0 Å². The van der Waals surface area contributed by atoms with E-state index in [1.165, 1.54) is 5.56 Å². The van der Waals surface area contributed by atoms with Gasteiger partial charge in [-0.2, -0.15) is 0 Å². The number of urea groups is 1. The molecule has 0 spiro atoms. The van der Waals surface area contributed by atoms with Crippen LogP contribution in [0.5, 0.6) is 17.2 Å². The first-order valence-corrected chi connectivity index (χ1v) is 9.42. The fraction of sp³-hybridized carbons (Fsp3) is 0.350. The molecule has 0 aromatic heterocycles. The smallest absolute Gasteiger partial charge is 0.315 e. The van der Waals surface area contributed by atoms with E-state index in [1.54, 1.807) is 27.4 Å². The predicted molar refractivity (Wildman–Crippen MR) is 109 cm³/mol. The molecule has 0 bridgehead atoms. The second-order valence-corrected chi connectivity index (χ2v) is 6.75. The van der Waals surface area contributed by atoms with Crippen molar-refractivity contribution in [2.75, 3.05) is 27.9 Å². The molecule has 0 radical (unpaired) electrons. The van der Waals surface area contributed by atoms with Crippen LogP contribution in [0.25, 0.3) is 0 Å². The summed E-state index contributed by atoms with van der Waals surface area (Å²) >= 11 is 3.46. The normalized spacial score (nSPS) is 10.2. The summed E-state index contributed by atoms with van der Waals surface area (Å²) < 4.78 is 17.1. The standard InChI is InChI=1S/C20H25BrN2O4/c1-25-17-10-9-15(18(26-2)19(17)27-3)13-23-20(24)22-11-5-7-14-6-4-8-16(21)12-14/h4,6,8-10,12H,5,7,11,13H2,1-3H3,(H2,22,23,24). The van der Waals surface area contributed by atoms with Crippen LogP contribution >= 0.6 is 15.9 Å². The van der Waals surface area contributed by atoms with E-state index in [9.17, 15) is 4.79 Å². The largest absolute Gasteiger partial charge is 0.493 e. The van der Waals surface area contributed by atoms with Gasteiger partial charge in [-0.3, -0.25) is 0 Å². The van der Waals surface area contributed by atoms with Crippen molar-refractivity contribution in [1.29, 1.82) is 0 Å². The minimum atomic E-state index is -0.221. The Hall–Kier alpha value is -2.41. The third kappa shape index (κ3) is 6.06. The fourth-order valence-corrected chi connectivity index (χ4v) is 3.17. The highest BCUT2D eigenvalue weighted by atomic mass is 79.9. The highest BCUT2D eigenvalue weighted by molar-refractivity contribution is 9.10. The zero-order valence-corrected chi connectivity index (χ0v) is 17.4. The van der Waals surface area contributed by atoms with Crippen LogP contribution in [-0.2, 0) is 13.0 Å². The lowest BCUT2D eigenvalue weighted by Crippen LogP contribution is -2.35. The molecule has 2 aromatic carbocycles. The highest BCUT2D eigenvalue weighted by Gasteiger charge is 2.16. The number of rotatable bonds is 9. The Morgan fingerprint density at radius 3 is 2.44 bits per heavy atom. The van der Waals surface area contributed by atoms with Crippen LogP contribution in [0, 0.1) is 0 Å². The Kier molecular flexibility index (Phi) is 8.26. The van der Waals surface area contributed by atoms with E-state index < -0.39 is 0 Å². The molecule has 2 rings (SSSR count). The number of hydrogen-bond donors (Lipinski definition) is 2. The number of methoxy groups -OCH3 is 3. The maximum absolute atomic E-state index is 12.0. The molecule has 2 aromatic rings. The van der Waals surface area contributed by atoms with Gasteiger partial charge in [-0.15, -0.1) is 0 Å². The number of amides is 2. The average Bonchev–Trinajstić information content (AvgIpc) is 2.68. The van der Waals surface area contributed by atoms with Crippen molar-refractivity contribution >= 4 is 22.0 Å². The molecule has 0 aliphatic rings. The lowest BCUT2D eigenvalue weighted by Gasteiger charge is -2.16. The zero-order chi connectivity index (χ0) is 19.6. The topological polar surface area (TPSA) is 68.8 Å². The molecule has 0 saturated carbocycles. The number of ether oxygens (including phenoxy) is 3. The molecule has 2 amide bonds. The van der Waals surface area contributed by atoms with E-state index in [-0.39, 0.29) is 6.03 Å². The van der Waals surface area contributed by atoms with Gasteiger partial charge >= 0.3 is 6.03 Å². The predicted octanol–water partition coefficient (Wildman–Crippen LogP) is 3.91. The number of benzene rings is 2. The third-order valence-corrected chi connectivity index (χ3v) is 4.54. The van der Waals surface area contributed by atoms with Crippen molar-refractivity contribution in [2.45, 2.75) is 19.4 Å². The van der Waals surface area contributed by atoms with Gasteiger partial charge in [-0.05, 0) is 42.7 Å². The van der Waals surface area contributed by atoms with Crippen LogP contribution in [0.2, 0.25) is 0 Å². The Morgan fingerprint density at radius 1 is 1.00 bits per heavy atom. The second-order valence-electron chi connectivity index (χ2n) is 5.84. The van der Waals surface area contributed by atoms with E-state index in [0.29, 0.717) is 30.3 Å². The number of halogens is 1. The Labute approximate surface area is 168 Å². The van der Waals surface area contributed by atoms with Gasteiger partial charge in [0.1, 0.15) is 0 Å². The van der Waals surface area contributed by atoms with Crippen LogP contribution in [0.3, 0.4) is 0 Å². The first kappa shape index (κ1) is 20.9. The summed E-state index contributed by atoms with van der Waals surface area (Å²) in [4.78, 5) is 12.0. The molecule has 0 heterocycles. The van der Waals surface area contributed by atoms with E-state index in [2.05, 4.69) is 38.7 Å². The number of carbonyl (C=O) groups is 1. The van der Waals surface area contributed by atoms with Crippen molar-refractivity contribution < 1.29 is 19.0 Å². The van der Waals surface area contributed by atoms with Crippen LogP contribution < -0.4 is 24.8 Å². The molecule has 146 valence electrons. The lowest BCUT2D eigenvalue weighted by molar-refractivity contribution is 0.240. The van der Waals surface area contributed by atoms with Crippen molar-refractivity contribution in [3.8, 4) is 17.2 Å². The minimum Gasteiger partial charge on any atom is -0.493 e. The second kappa shape index (κ2) is 10.7. The Bertz CT molecular complexity index is 768. The van der Waals surface area contributed by atoms with Crippen LogP contribution in [0.4, 0.5) is 4.79 Å². The molecule has 2 N–H and O–H groups in total. The van der Waals surface area contributed by atoms with Gasteiger partial charge < -0.3 is 24.8 Å². The van der Waals surface area contributed by atoms with Gasteiger partial charge in [0, 0.05) is 23.1 Å². The minimum absolute atomic E-state index is 0.221. The maximum Gasteiger partial charge on any atom is 0.315 e. The Morgan fingerprint density at radius 2 is 1.78 bits per heavy atom. The van der Waals surface area contributed by atoms with E-state index in [1.807, 2.05) is 18.2 Å². The summed E-state index contributed by atoms with van der Waals surface area (Å²) in [5, 5.41) is 5.70. The van der Waals surface area contributed by atoms with Crippen LogP contribution in [0.15, 0.2) is 40.9 Å². The zero-order valence-electron chi connectivity index (χ0n) is 15.8. The summed E-state index contributed by atoms with van der Waals surface area (Å²) in [5.41, 5.74) is 2.04. The van der Waals surface area contributed by atoms with Crippen LogP contribution in [-0.4, -0.2) is 33.9 Å². The van der Waals surface area contributed by atoms with Crippen LogP contribution in [0.1, 0.15) is 17.5 Å². The van der Waals surface area contributed by atoms with E-state index in [4.69, 9.17) is 14.2 Å². The molecule has 27 heavy (non-hydrogen) atoms. The van der Waals surface area contributed by atoms with Gasteiger partial charge in [-0.1, -0.05) is 28.1 Å². The van der Waals surface area contributed by atoms with Gasteiger partial charge in [0.05, 0.1) is 21.3 Å². The molecule has 0 atom stereocenters. The highest BCUT2D eigenvalue weighted by Crippen LogP contribution is 2.39. The third-order valence-electron chi connectivity index (χ3n) is 4.04. The van der Waals surface area contributed by atoms with E-state index >= 15 is 0 Å². The lowest BCUT2D eigenvalue weighted by atomic mass is 10.1. The quantitative estimate of drug-likeness (QED) is 0.584. The van der Waals surface area contributed by atoms with E-state index in [0.717, 1.165) is 22.9 Å². The molecule has 0 fully saturated rings. The first-order chi connectivity index (χ1) is 13.1. The Balaban J connectivity index is 1.81. The number of nitrogens with one attached hydrogen (secondary N) is 2. The van der Waals surface area contributed by atoms with Gasteiger partial charge in [0.15, 0.2) is 11.5 Å². The molecular formula is C20H25BrN2O4. The first-order valence-electron chi connectivity index (χ1n) is 8.63. The van der Waals surface area contributed by atoms with Gasteiger partial charge in [0.25, 0.3) is 0 Å². The van der Waals surface area contributed by atoms with Gasteiger partial charge in [-0.25, -0.2) is 4.79 Å². The number of hydrogen-bond acceptors (Lipinski definition) is 4. The van der Waals surface area contributed by atoms with Crippen molar-refractivity contribution in [3.05, 3.63) is 52.0 Å². The molecule has 0 unspecified atom stereocenters. The fourth-order valence-electron chi connectivity index (χ4n) is 2.73. The molecule has 0 aliphatic carbocycles. The molecular weight excluding hydrogens is 412 g/mol. The summed E-state index contributed by atoms with van der Waals surface area (Å²) in [6.07, 6.45) is 1.77. The van der Waals surface area contributed by atoms with Crippen molar-refractivity contribution in [2.24, 2.45) is 0 Å². The summed E-state index contributed by atoms with van der Waals surface area (Å²) in [5.74, 6) is 1.63. The summed E-state index contributed by atoms with van der Waals surface area (Å²) in [6, 6.07) is 11.6. The molecule has 7 heteroatoms. The SMILES string of the molecule is COc1ccc(CNC(=O)NCCCc2cccc(Br)c2)c(OC)c1OC. The average molecular weight is 437 g/mol. The summed E-state index contributed by atoms with van der Waals surface area (Å²) in [6.45, 7) is 0.919. The molecule has 6 nitrogen and oxygen atoms in total. The monoisotopic (exact) mass is 436 g/mol. The number of carbonyl (C=O) groups excluding carboxylic acids is 1. The molecule has 0 aliphatic heterocycles. The maximum atomic E-state index is 12.0. The number of aryl methyl sites for hydroxylation is 1. The summed E-state index contributed by atoms with van der Waals surface area (Å²) in [7, 11) is 4.68.